The molecule has 5 rings (SSSR count). The van der Waals surface area contributed by atoms with Gasteiger partial charge in [0.1, 0.15) is 11.2 Å². The van der Waals surface area contributed by atoms with Gasteiger partial charge in [0.15, 0.2) is 0 Å². The molecule has 0 spiro atoms. The molecule has 0 unspecified atom stereocenters. The Hall–Kier alpha value is -3.73. The summed E-state index contributed by atoms with van der Waals surface area (Å²) in [5, 5.41) is 0. The summed E-state index contributed by atoms with van der Waals surface area (Å²) in [5.74, 6) is -1.67. The second-order valence-electron chi connectivity index (χ2n) is 7.72. The van der Waals surface area contributed by atoms with E-state index in [0.717, 1.165) is 5.56 Å². The van der Waals surface area contributed by atoms with Gasteiger partial charge in [-0.05, 0) is 30.7 Å². The summed E-state index contributed by atoms with van der Waals surface area (Å²) in [6, 6.07) is 23.5. The van der Waals surface area contributed by atoms with Crippen LogP contribution in [0.25, 0.3) is 0 Å². The van der Waals surface area contributed by atoms with Crippen molar-refractivity contribution in [3.8, 4) is 5.75 Å². The Labute approximate surface area is 173 Å². The Morgan fingerprint density at radius 1 is 0.900 bits per heavy atom. The van der Waals surface area contributed by atoms with Crippen molar-refractivity contribution in [2.24, 2.45) is 5.92 Å². The van der Waals surface area contributed by atoms with Gasteiger partial charge < -0.3 is 4.74 Å². The zero-order valence-corrected chi connectivity index (χ0v) is 16.4. The Balaban J connectivity index is 1.73. The molecular formula is C25H19NO4. The minimum absolute atomic E-state index is 0.0644. The summed E-state index contributed by atoms with van der Waals surface area (Å²) >= 11 is 0. The maximum atomic E-state index is 13.6. The second-order valence-corrected chi connectivity index (χ2v) is 7.72. The lowest BCUT2D eigenvalue weighted by molar-refractivity contribution is -0.141. The molecule has 0 radical (unpaired) electrons. The number of anilines is 1. The highest BCUT2D eigenvalue weighted by Crippen LogP contribution is 2.52. The van der Waals surface area contributed by atoms with E-state index in [-0.39, 0.29) is 18.2 Å². The number of benzene rings is 3. The van der Waals surface area contributed by atoms with Crippen molar-refractivity contribution < 1.29 is 19.1 Å². The summed E-state index contributed by atoms with van der Waals surface area (Å²) in [4.78, 5) is 41.2. The number of carbonyl (C=O) groups is 3. The van der Waals surface area contributed by atoms with Crippen molar-refractivity contribution in [3.05, 3.63) is 95.6 Å². The van der Waals surface area contributed by atoms with Gasteiger partial charge >= 0.3 is 5.97 Å². The molecule has 2 heterocycles. The number of esters is 1. The largest absolute Gasteiger partial charge is 0.425 e. The predicted molar refractivity (Wildman–Crippen MR) is 111 cm³/mol. The normalized spacial score (nSPS) is 22.9. The highest BCUT2D eigenvalue weighted by Gasteiger charge is 2.62. The number of ether oxygens (including phenoxy) is 1. The van der Waals surface area contributed by atoms with Crippen LogP contribution in [0.2, 0.25) is 0 Å². The fraction of sp³-hybridized carbons (Fsp3) is 0.160. The third-order valence-corrected chi connectivity index (χ3v) is 6.00. The molecule has 2 amide bonds. The van der Waals surface area contributed by atoms with Crippen LogP contribution in [-0.4, -0.2) is 17.8 Å². The zero-order chi connectivity index (χ0) is 20.9. The first kappa shape index (κ1) is 18.3. The van der Waals surface area contributed by atoms with Crippen LogP contribution in [0.1, 0.15) is 23.1 Å². The first-order valence-corrected chi connectivity index (χ1v) is 9.84. The van der Waals surface area contributed by atoms with Crippen LogP contribution >= 0.6 is 0 Å². The molecule has 1 fully saturated rings. The van der Waals surface area contributed by atoms with E-state index in [9.17, 15) is 14.4 Å². The quantitative estimate of drug-likeness (QED) is 0.383. The average Bonchev–Trinajstić information content (AvgIpc) is 3.22. The topological polar surface area (TPSA) is 63.7 Å². The van der Waals surface area contributed by atoms with Gasteiger partial charge in [-0.1, -0.05) is 66.2 Å². The van der Waals surface area contributed by atoms with E-state index in [2.05, 4.69) is 0 Å². The number of amides is 2. The van der Waals surface area contributed by atoms with Gasteiger partial charge in [0.05, 0.1) is 11.6 Å². The van der Waals surface area contributed by atoms with Gasteiger partial charge in [0.25, 0.3) is 0 Å². The van der Waals surface area contributed by atoms with E-state index in [4.69, 9.17) is 4.74 Å². The third-order valence-electron chi connectivity index (χ3n) is 6.00. The number of rotatable bonds is 3. The van der Waals surface area contributed by atoms with Gasteiger partial charge in [0, 0.05) is 12.0 Å². The third kappa shape index (κ3) is 2.45. The second kappa shape index (κ2) is 6.66. The summed E-state index contributed by atoms with van der Waals surface area (Å²) in [6.07, 6.45) is -0.0644. The van der Waals surface area contributed by atoms with E-state index in [1.54, 1.807) is 30.3 Å². The van der Waals surface area contributed by atoms with Gasteiger partial charge in [-0.2, -0.15) is 0 Å². The van der Waals surface area contributed by atoms with Crippen molar-refractivity contribution in [2.75, 3.05) is 4.90 Å². The highest BCUT2D eigenvalue weighted by molar-refractivity contribution is 6.23. The number of hydrogen-bond acceptors (Lipinski definition) is 4. The van der Waals surface area contributed by atoms with Crippen molar-refractivity contribution >= 4 is 23.5 Å². The Kier molecular flexibility index (Phi) is 4.07. The number of fused-ring (bicyclic) bond motifs is 1. The SMILES string of the molecule is Cc1ccc2c(c1)[C@@](c1ccccc1)([C@@H]1CC(=O)N(c3ccccc3)C1=O)C(=O)O2. The molecule has 0 bridgehead atoms. The molecule has 0 N–H and O–H groups in total. The minimum atomic E-state index is -1.36. The number of aryl methyl sites for hydroxylation is 1. The molecule has 3 aromatic rings. The summed E-state index contributed by atoms with van der Waals surface area (Å²) in [5.41, 5.74) is 1.39. The smallest absolute Gasteiger partial charge is 0.327 e. The van der Waals surface area contributed by atoms with Gasteiger partial charge in [-0.15, -0.1) is 0 Å². The lowest BCUT2D eigenvalue weighted by atomic mass is 9.65. The number of imide groups is 1. The predicted octanol–water partition coefficient (Wildman–Crippen LogP) is 3.78. The molecule has 3 aromatic carbocycles. The van der Waals surface area contributed by atoms with Gasteiger partial charge in [-0.3, -0.25) is 19.3 Å². The van der Waals surface area contributed by atoms with Crippen LogP contribution in [0.4, 0.5) is 5.69 Å². The molecule has 5 heteroatoms. The van der Waals surface area contributed by atoms with Crippen LogP contribution in [0.5, 0.6) is 5.75 Å². The fourth-order valence-electron chi connectivity index (χ4n) is 4.66. The first-order valence-electron chi connectivity index (χ1n) is 9.84. The fourth-order valence-corrected chi connectivity index (χ4v) is 4.66. The maximum Gasteiger partial charge on any atom is 0.327 e. The van der Waals surface area contributed by atoms with Gasteiger partial charge in [0.2, 0.25) is 11.8 Å². The minimum Gasteiger partial charge on any atom is -0.425 e. The van der Waals surface area contributed by atoms with Crippen LogP contribution in [-0.2, 0) is 19.8 Å². The van der Waals surface area contributed by atoms with Crippen molar-refractivity contribution in [1.82, 2.24) is 0 Å². The number of nitrogens with zero attached hydrogens (tertiary/aromatic N) is 1. The number of hydrogen-bond donors (Lipinski definition) is 0. The van der Waals surface area contributed by atoms with E-state index in [0.29, 0.717) is 22.6 Å². The van der Waals surface area contributed by atoms with Crippen LogP contribution < -0.4 is 9.64 Å². The molecule has 5 nitrogen and oxygen atoms in total. The summed E-state index contributed by atoms with van der Waals surface area (Å²) in [6.45, 7) is 1.93. The number of para-hydroxylation sites is 1. The van der Waals surface area contributed by atoms with E-state index in [1.165, 1.54) is 4.90 Å². The molecule has 148 valence electrons. The maximum absolute atomic E-state index is 13.6. The lowest BCUT2D eigenvalue weighted by Gasteiger charge is -2.31. The molecule has 0 aromatic heterocycles. The van der Waals surface area contributed by atoms with E-state index in [1.807, 2.05) is 55.5 Å². The van der Waals surface area contributed by atoms with E-state index < -0.39 is 17.3 Å². The van der Waals surface area contributed by atoms with Crippen LogP contribution in [0.3, 0.4) is 0 Å². The highest BCUT2D eigenvalue weighted by atomic mass is 16.5. The Morgan fingerprint density at radius 2 is 1.57 bits per heavy atom. The van der Waals surface area contributed by atoms with Crippen LogP contribution in [0, 0.1) is 12.8 Å². The molecule has 2 atom stereocenters. The summed E-state index contributed by atoms with van der Waals surface area (Å²) in [7, 11) is 0. The van der Waals surface area contributed by atoms with Crippen molar-refractivity contribution in [2.45, 2.75) is 18.8 Å². The lowest BCUT2D eigenvalue weighted by Crippen LogP contribution is -2.46. The van der Waals surface area contributed by atoms with Crippen molar-refractivity contribution in [3.63, 3.8) is 0 Å². The Morgan fingerprint density at radius 3 is 2.27 bits per heavy atom. The first-order chi connectivity index (χ1) is 14.5. The molecule has 2 aliphatic heterocycles. The summed E-state index contributed by atoms with van der Waals surface area (Å²) < 4.78 is 5.65. The van der Waals surface area contributed by atoms with E-state index >= 15 is 0 Å². The molecule has 0 aliphatic carbocycles. The number of carbonyl (C=O) groups excluding carboxylic acids is 3. The average molecular weight is 397 g/mol. The Bertz CT molecular complexity index is 1170. The molecule has 0 saturated carbocycles. The molecule has 30 heavy (non-hydrogen) atoms. The standard InChI is InChI=1S/C25H19NO4/c1-16-12-13-21-19(14-16)25(24(29)30-21,17-8-4-2-5-9-17)20-15-22(27)26(23(20)28)18-10-6-3-7-11-18/h2-14,20H,15H2,1H3/t20-,25+/m1/s1. The van der Waals surface area contributed by atoms with Crippen LogP contribution in [0.15, 0.2) is 78.9 Å². The van der Waals surface area contributed by atoms with Gasteiger partial charge in [-0.25, -0.2) is 0 Å². The zero-order valence-electron chi connectivity index (χ0n) is 16.4. The molecule has 1 saturated heterocycles. The molecular weight excluding hydrogens is 378 g/mol. The van der Waals surface area contributed by atoms with Crippen molar-refractivity contribution in [1.29, 1.82) is 0 Å². The molecule has 2 aliphatic rings. The monoisotopic (exact) mass is 397 g/mol.